The lowest BCUT2D eigenvalue weighted by atomic mass is 10.1. The van der Waals surface area contributed by atoms with Crippen molar-refractivity contribution in [3.63, 3.8) is 0 Å². The number of hydrogen-bond donors (Lipinski definition) is 1. The molecule has 2 heterocycles. The molecule has 2 aromatic heterocycles. The number of aromatic nitrogens is 4. The number of para-hydroxylation sites is 1. The van der Waals surface area contributed by atoms with Gasteiger partial charge in [0.1, 0.15) is 5.76 Å². The van der Waals surface area contributed by atoms with Crippen LogP contribution in [0.4, 0.5) is 5.69 Å². The second kappa shape index (κ2) is 9.12. The summed E-state index contributed by atoms with van der Waals surface area (Å²) in [6, 6.07) is 10.5. The van der Waals surface area contributed by atoms with Crippen molar-refractivity contribution in [2.24, 2.45) is 0 Å². The van der Waals surface area contributed by atoms with E-state index in [1.807, 2.05) is 20.8 Å². The summed E-state index contributed by atoms with van der Waals surface area (Å²) in [4.78, 5) is 26.9. The molecule has 30 heavy (non-hydrogen) atoms. The number of tetrazole rings is 1. The number of anilines is 1. The highest BCUT2D eigenvalue weighted by molar-refractivity contribution is 7.99. The summed E-state index contributed by atoms with van der Waals surface area (Å²) < 4.78 is 6.92. The van der Waals surface area contributed by atoms with Crippen LogP contribution in [0.1, 0.15) is 36.9 Å². The van der Waals surface area contributed by atoms with Crippen molar-refractivity contribution in [1.82, 2.24) is 25.5 Å². The normalized spacial score (nSPS) is 11.3. The number of hydrogen-bond acceptors (Lipinski definition) is 7. The van der Waals surface area contributed by atoms with Crippen LogP contribution < -0.4 is 10.2 Å². The molecular weight excluding hydrogens is 404 g/mol. The van der Waals surface area contributed by atoms with Crippen LogP contribution in [-0.4, -0.2) is 44.8 Å². The van der Waals surface area contributed by atoms with Crippen molar-refractivity contribution in [3.05, 3.63) is 54.0 Å². The highest BCUT2D eigenvalue weighted by atomic mass is 32.2. The number of nitrogens with one attached hydrogen (secondary N) is 1. The Morgan fingerprint density at radius 2 is 1.97 bits per heavy atom. The van der Waals surface area contributed by atoms with Gasteiger partial charge in [0.25, 0.3) is 5.91 Å². The maximum atomic E-state index is 12.8. The SMILES string of the molecule is CN(C(=O)CSc1nnnn1C(C)(C)C)c1ccccc1C(=O)NCc1ccco1. The standard InChI is InChI=1S/C20H24N6O3S/c1-20(2,3)26-19(22-23-24-26)30-13-17(27)25(4)16-10-6-5-9-15(16)18(28)21-12-14-8-7-11-29-14/h5-11H,12-13H2,1-4H3,(H,21,28). The highest BCUT2D eigenvalue weighted by Gasteiger charge is 2.23. The third-order valence-corrected chi connectivity index (χ3v) is 5.19. The molecule has 0 saturated carbocycles. The summed E-state index contributed by atoms with van der Waals surface area (Å²) >= 11 is 1.26. The lowest BCUT2D eigenvalue weighted by Gasteiger charge is -2.21. The van der Waals surface area contributed by atoms with Crippen LogP contribution in [0.2, 0.25) is 0 Å². The molecule has 1 N–H and O–H groups in total. The van der Waals surface area contributed by atoms with Gasteiger partial charge in [-0.1, -0.05) is 23.9 Å². The second-order valence-corrected chi connectivity index (χ2v) is 8.51. The van der Waals surface area contributed by atoms with E-state index in [2.05, 4.69) is 20.8 Å². The van der Waals surface area contributed by atoms with Crippen LogP contribution in [0.5, 0.6) is 0 Å². The number of amides is 2. The third-order valence-electron chi connectivity index (χ3n) is 4.29. The Balaban J connectivity index is 1.67. The molecule has 0 aliphatic rings. The topological polar surface area (TPSA) is 106 Å². The maximum Gasteiger partial charge on any atom is 0.253 e. The molecule has 0 spiro atoms. The summed E-state index contributed by atoms with van der Waals surface area (Å²) in [6.07, 6.45) is 1.55. The summed E-state index contributed by atoms with van der Waals surface area (Å²) in [5, 5.41) is 15.1. The summed E-state index contributed by atoms with van der Waals surface area (Å²) in [5.74, 6) is 0.328. The molecule has 3 rings (SSSR count). The van der Waals surface area contributed by atoms with Crippen molar-refractivity contribution in [2.75, 3.05) is 17.7 Å². The lowest BCUT2D eigenvalue weighted by Crippen LogP contribution is -2.32. The minimum absolute atomic E-state index is 0.134. The van der Waals surface area contributed by atoms with E-state index in [4.69, 9.17) is 4.42 Å². The van der Waals surface area contributed by atoms with E-state index >= 15 is 0 Å². The number of carbonyl (C=O) groups is 2. The first-order valence-electron chi connectivity index (χ1n) is 9.35. The van der Waals surface area contributed by atoms with Gasteiger partial charge >= 0.3 is 0 Å². The van der Waals surface area contributed by atoms with E-state index in [0.29, 0.717) is 22.2 Å². The number of carbonyl (C=O) groups excluding carboxylic acids is 2. The van der Waals surface area contributed by atoms with Crippen molar-refractivity contribution in [1.29, 1.82) is 0 Å². The Labute approximate surface area is 178 Å². The molecule has 2 amide bonds. The maximum absolute atomic E-state index is 12.8. The Bertz CT molecular complexity index is 1010. The van der Waals surface area contributed by atoms with Crippen LogP contribution in [0.15, 0.2) is 52.2 Å². The monoisotopic (exact) mass is 428 g/mol. The predicted octanol–water partition coefficient (Wildman–Crippen LogP) is 2.71. The largest absolute Gasteiger partial charge is 0.467 e. The molecule has 0 aliphatic heterocycles. The fourth-order valence-electron chi connectivity index (χ4n) is 2.68. The number of thioether (sulfide) groups is 1. The van der Waals surface area contributed by atoms with Gasteiger partial charge in [0.05, 0.1) is 35.4 Å². The summed E-state index contributed by atoms with van der Waals surface area (Å²) in [5.41, 5.74) is 0.638. The van der Waals surface area contributed by atoms with E-state index in [0.717, 1.165) is 0 Å². The minimum Gasteiger partial charge on any atom is -0.467 e. The minimum atomic E-state index is -0.292. The van der Waals surface area contributed by atoms with Crippen LogP contribution in [-0.2, 0) is 16.9 Å². The molecule has 0 fully saturated rings. The molecule has 0 atom stereocenters. The summed E-state index contributed by atoms with van der Waals surface area (Å²) in [7, 11) is 1.65. The average molecular weight is 429 g/mol. The van der Waals surface area contributed by atoms with E-state index < -0.39 is 0 Å². The van der Waals surface area contributed by atoms with Crippen molar-refractivity contribution >= 4 is 29.3 Å². The molecular formula is C20H24N6O3S. The molecule has 3 aromatic rings. The van der Waals surface area contributed by atoms with Crippen molar-refractivity contribution in [3.8, 4) is 0 Å². The lowest BCUT2D eigenvalue weighted by molar-refractivity contribution is -0.115. The van der Waals surface area contributed by atoms with Gasteiger partial charge in [-0.05, 0) is 55.5 Å². The third kappa shape index (κ3) is 5.07. The van der Waals surface area contributed by atoms with Gasteiger partial charge < -0.3 is 14.6 Å². The summed E-state index contributed by atoms with van der Waals surface area (Å²) in [6.45, 7) is 6.22. The number of furan rings is 1. The highest BCUT2D eigenvalue weighted by Crippen LogP contribution is 2.24. The number of rotatable bonds is 7. The van der Waals surface area contributed by atoms with Gasteiger partial charge in [-0.2, -0.15) is 0 Å². The molecule has 158 valence electrons. The van der Waals surface area contributed by atoms with Gasteiger partial charge in [0.2, 0.25) is 11.1 Å². The molecule has 0 unspecified atom stereocenters. The van der Waals surface area contributed by atoms with Crippen molar-refractivity contribution < 1.29 is 14.0 Å². The Morgan fingerprint density at radius 3 is 2.67 bits per heavy atom. The van der Waals surface area contributed by atoms with Gasteiger partial charge in [0.15, 0.2) is 0 Å². The Hall–Kier alpha value is -3.14. The van der Waals surface area contributed by atoms with E-state index in [9.17, 15) is 9.59 Å². The zero-order valence-electron chi connectivity index (χ0n) is 17.3. The van der Waals surface area contributed by atoms with Gasteiger partial charge in [0, 0.05) is 7.05 Å². The first-order chi connectivity index (χ1) is 14.3. The number of benzene rings is 1. The first-order valence-corrected chi connectivity index (χ1v) is 10.3. The van der Waals surface area contributed by atoms with Gasteiger partial charge in [-0.3, -0.25) is 9.59 Å². The zero-order valence-corrected chi connectivity index (χ0v) is 18.1. The average Bonchev–Trinajstić information content (AvgIpc) is 3.41. The molecule has 9 nitrogen and oxygen atoms in total. The predicted molar refractivity (Wildman–Crippen MR) is 113 cm³/mol. The van der Waals surface area contributed by atoms with E-state index in [1.165, 1.54) is 16.7 Å². The van der Waals surface area contributed by atoms with Crippen LogP contribution in [0, 0.1) is 0 Å². The smallest absolute Gasteiger partial charge is 0.253 e. The molecule has 1 aromatic carbocycles. The number of nitrogens with zero attached hydrogens (tertiary/aromatic N) is 5. The van der Waals surface area contributed by atoms with E-state index in [-0.39, 0.29) is 29.7 Å². The van der Waals surface area contributed by atoms with Gasteiger partial charge in [-0.15, -0.1) is 5.10 Å². The molecule has 10 heteroatoms. The van der Waals surface area contributed by atoms with Crippen molar-refractivity contribution in [2.45, 2.75) is 38.0 Å². The quantitative estimate of drug-likeness (QED) is 0.577. The fourth-order valence-corrected chi connectivity index (χ4v) is 3.65. The molecule has 0 aliphatic carbocycles. The zero-order chi connectivity index (χ0) is 21.7. The Morgan fingerprint density at radius 1 is 1.20 bits per heavy atom. The van der Waals surface area contributed by atoms with Crippen LogP contribution in [0.25, 0.3) is 0 Å². The van der Waals surface area contributed by atoms with E-state index in [1.54, 1.807) is 54.4 Å². The second-order valence-electron chi connectivity index (χ2n) is 7.56. The van der Waals surface area contributed by atoms with Crippen LogP contribution >= 0.6 is 11.8 Å². The Kier molecular flexibility index (Phi) is 6.56. The fraction of sp³-hybridized carbons (Fsp3) is 0.350. The molecule has 0 radical (unpaired) electrons. The molecule has 0 bridgehead atoms. The first kappa shape index (κ1) is 21.6. The van der Waals surface area contributed by atoms with Gasteiger partial charge in [-0.25, -0.2) is 4.68 Å². The molecule has 0 saturated heterocycles. The van der Waals surface area contributed by atoms with Crippen LogP contribution in [0.3, 0.4) is 0 Å².